The molecule has 1 atom stereocenters. The van der Waals surface area contributed by atoms with Crippen molar-refractivity contribution in [2.75, 3.05) is 18.0 Å². The summed E-state index contributed by atoms with van der Waals surface area (Å²) in [6, 6.07) is 4.39. The Balaban J connectivity index is 1.61. The molecule has 1 unspecified atom stereocenters. The van der Waals surface area contributed by atoms with Crippen LogP contribution in [0.15, 0.2) is 18.2 Å². The Morgan fingerprint density at radius 2 is 1.66 bits per heavy atom. The number of anilines is 1. The molecule has 2 saturated heterocycles. The first kappa shape index (κ1) is 19.6. The molecule has 1 aromatic carbocycles. The molecule has 4 rings (SSSR count). The van der Waals surface area contributed by atoms with Crippen molar-refractivity contribution in [3.63, 3.8) is 0 Å². The van der Waals surface area contributed by atoms with Crippen molar-refractivity contribution in [3.8, 4) is 0 Å². The van der Waals surface area contributed by atoms with Crippen molar-refractivity contribution in [3.05, 3.63) is 29.3 Å². The predicted octanol–water partition coefficient (Wildman–Crippen LogP) is 2.35. The molecule has 0 spiro atoms. The predicted molar refractivity (Wildman–Crippen MR) is 108 cm³/mol. The van der Waals surface area contributed by atoms with Crippen molar-refractivity contribution < 1.29 is 19.2 Å². The van der Waals surface area contributed by atoms with Crippen molar-refractivity contribution in [1.82, 2.24) is 10.2 Å². The Morgan fingerprint density at radius 1 is 0.966 bits per heavy atom. The number of nitrogens with one attached hydrogen (secondary N) is 1. The number of benzene rings is 1. The minimum Gasteiger partial charge on any atom is -0.371 e. The second kappa shape index (κ2) is 6.97. The molecule has 1 N–H and O–H groups in total. The molecule has 3 aliphatic rings. The van der Waals surface area contributed by atoms with E-state index in [0.717, 1.165) is 36.5 Å². The van der Waals surface area contributed by atoms with Crippen molar-refractivity contribution in [1.29, 1.82) is 0 Å². The number of amides is 4. The van der Waals surface area contributed by atoms with Crippen LogP contribution in [0.5, 0.6) is 0 Å². The highest BCUT2D eigenvalue weighted by Crippen LogP contribution is 2.39. The molecule has 0 bridgehead atoms. The van der Waals surface area contributed by atoms with E-state index in [1.54, 1.807) is 12.1 Å². The number of rotatable bonds is 2. The molecule has 0 aromatic heterocycles. The van der Waals surface area contributed by atoms with Crippen LogP contribution >= 0.6 is 0 Å². The zero-order valence-corrected chi connectivity index (χ0v) is 17.2. The molecule has 0 saturated carbocycles. The van der Waals surface area contributed by atoms with Crippen LogP contribution in [0.2, 0.25) is 0 Å². The minimum absolute atomic E-state index is 0.122. The molecular formula is C22H27N3O4. The fraction of sp³-hybridized carbons (Fsp3) is 0.545. The van der Waals surface area contributed by atoms with Crippen LogP contribution in [0, 0.1) is 11.3 Å². The maximum atomic E-state index is 13.2. The van der Waals surface area contributed by atoms with E-state index in [-0.39, 0.29) is 24.2 Å². The van der Waals surface area contributed by atoms with Gasteiger partial charge in [-0.25, -0.2) is 0 Å². The number of fused-ring (bicyclic) bond motifs is 1. The van der Waals surface area contributed by atoms with Crippen LogP contribution < -0.4 is 10.2 Å². The fourth-order valence-electron chi connectivity index (χ4n) is 4.75. The summed E-state index contributed by atoms with van der Waals surface area (Å²) in [5, 5.41) is 2.24. The topological polar surface area (TPSA) is 86.8 Å². The van der Waals surface area contributed by atoms with Gasteiger partial charge >= 0.3 is 0 Å². The van der Waals surface area contributed by atoms with Gasteiger partial charge in [-0.2, -0.15) is 0 Å². The number of nitrogens with zero attached hydrogens (tertiary/aromatic N) is 2. The molecule has 29 heavy (non-hydrogen) atoms. The molecule has 3 aliphatic heterocycles. The summed E-state index contributed by atoms with van der Waals surface area (Å²) in [7, 11) is 0. The number of piperidine rings is 2. The second-order valence-electron chi connectivity index (χ2n) is 9.27. The Kier molecular flexibility index (Phi) is 4.71. The van der Waals surface area contributed by atoms with Gasteiger partial charge in [-0.1, -0.05) is 26.8 Å². The van der Waals surface area contributed by atoms with E-state index in [0.29, 0.717) is 17.0 Å². The molecule has 0 aliphatic carbocycles. The minimum atomic E-state index is -0.931. The van der Waals surface area contributed by atoms with Crippen molar-refractivity contribution in [2.24, 2.45) is 11.3 Å². The molecule has 1 aromatic rings. The maximum absolute atomic E-state index is 13.2. The van der Waals surface area contributed by atoms with Crippen LogP contribution in [0.3, 0.4) is 0 Å². The quantitative estimate of drug-likeness (QED) is 0.774. The first-order valence-electron chi connectivity index (χ1n) is 10.3. The number of carbonyl (C=O) groups excluding carboxylic acids is 4. The van der Waals surface area contributed by atoms with Crippen LogP contribution in [0.25, 0.3) is 0 Å². The van der Waals surface area contributed by atoms with Gasteiger partial charge in [-0.15, -0.1) is 0 Å². The van der Waals surface area contributed by atoms with E-state index < -0.39 is 23.8 Å². The third kappa shape index (κ3) is 3.32. The Morgan fingerprint density at radius 3 is 2.28 bits per heavy atom. The van der Waals surface area contributed by atoms with Crippen LogP contribution in [0.1, 0.15) is 67.2 Å². The lowest BCUT2D eigenvalue weighted by Crippen LogP contribution is -2.54. The lowest BCUT2D eigenvalue weighted by atomic mass is 9.75. The zero-order chi connectivity index (χ0) is 20.9. The number of hydrogen-bond donors (Lipinski definition) is 1. The summed E-state index contributed by atoms with van der Waals surface area (Å²) >= 11 is 0. The molecule has 4 amide bonds. The largest absolute Gasteiger partial charge is 0.371 e. The van der Waals surface area contributed by atoms with Crippen LogP contribution in [-0.4, -0.2) is 47.7 Å². The average Bonchev–Trinajstić information content (AvgIpc) is 2.92. The average molecular weight is 397 g/mol. The van der Waals surface area contributed by atoms with Gasteiger partial charge in [0.15, 0.2) is 0 Å². The van der Waals surface area contributed by atoms with E-state index in [1.807, 2.05) is 6.07 Å². The first-order valence-corrected chi connectivity index (χ1v) is 10.3. The van der Waals surface area contributed by atoms with Crippen molar-refractivity contribution in [2.45, 2.75) is 52.5 Å². The van der Waals surface area contributed by atoms with E-state index >= 15 is 0 Å². The molecule has 3 heterocycles. The normalized spacial score (nSPS) is 23.5. The summed E-state index contributed by atoms with van der Waals surface area (Å²) in [4.78, 5) is 53.1. The van der Waals surface area contributed by atoms with Gasteiger partial charge in [0.2, 0.25) is 11.8 Å². The van der Waals surface area contributed by atoms with Crippen molar-refractivity contribution >= 4 is 29.3 Å². The third-order valence-electron chi connectivity index (χ3n) is 6.51. The van der Waals surface area contributed by atoms with Gasteiger partial charge < -0.3 is 4.90 Å². The number of carbonyl (C=O) groups is 4. The highest BCUT2D eigenvalue weighted by atomic mass is 16.2. The molecule has 7 nitrogen and oxygen atoms in total. The summed E-state index contributed by atoms with van der Waals surface area (Å²) < 4.78 is 0. The highest BCUT2D eigenvalue weighted by molar-refractivity contribution is 6.25. The van der Waals surface area contributed by atoms with Gasteiger partial charge in [-0.3, -0.25) is 29.4 Å². The standard InChI is InChI=1S/C22H27N3O4/c1-22(2,3)13-9-11-24(12-10-13)15-6-4-5-14-18(15)21(29)25(20(14)28)16-7-8-17(26)23-19(16)27/h4-6,13,16H,7-12H2,1-3H3,(H,23,26,27). The molecule has 7 heteroatoms. The van der Waals surface area contributed by atoms with Gasteiger partial charge in [-0.05, 0) is 42.7 Å². The van der Waals surface area contributed by atoms with E-state index in [9.17, 15) is 19.2 Å². The molecule has 2 fully saturated rings. The Hall–Kier alpha value is -2.70. The Labute approximate surface area is 170 Å². The SMILES string of the molecule is CC(C)(C)C1CCN(c2cccc3c2C(=O)N(C2CCC(=O)NC2=O)C3=O)CC1. The first-order chi connectivity index (χ1) is 13.7. The second-order valence-corrected chi connectivity index (χ2v) is 9.27. The molecule has 0 radical (unpaired) electrons. The maximum Gasteiger partial charge on any atom is 0.264 e. The van der Waals surface area contributed by atoms with E-state index in [4.69, 9.17) is 0 Å². The fourth-order valence-corrected chi connectivity index (χ4v) is 4.75. The molecule has 154 valence electrons. The van der Waals surface area contributed by atoms with Crippen LogP contribution in [-0.2, 0) is 9.59 Å². The Bertz CT molecular complexity index is 894. The van der Waals surface area contributed by atoms with E-state index in [1.165, 1.54) is 0 Å². The smallest absolute Gasteiger partial charge is 0.264 e. The third-order valence-corrected chi connectivity index (χ3v) is 6.51. The van der Waals surface area contributed by atoms with Gasteiger partial charge in [0.05, 0.1) is 16.8 Å². The van der Waals surface area contributed by atoms with Gasteiger partial charge in [0.1, 0.15) is 6.04 Å². The number of hydrogen-bond acceptors (Lipinski definition) is 5. The highest BCUT2D eigenvalue weighted by Gasteiger charge is 2.46. The summed E-state index contributed by atoms with van der Waals surface area (Å²) in [6.07, 6.45) is 2.36. The van der Waals surface area contributed by atoms with Gasteiger partial charge in [0.25, 0.3) is 11.8 Å². The van der Waals surface area contributed by atoms with Crippen LogP contribution in [0.4, 0.5) is 5.69 Å². The summed E-state index contributed by atoms with van der Waals surface area (Å²) in [5.74, 6) is -1.22. The summed E-state index contributed by atoms with van der Waals surface area (Å²) in [6.45, 7) is 8.44. The van der Waals surface area contributed by atoms with Gasteiger partial charge in [0, 0.05) is 19.5 Å². The monoisotopic (exact) mass is 397 g/mol. The zero-order valence-electron chi connectivity index (χ0n) is 17.2. The molecular weight excluding hydrogens is 370 g/mol. The van der Waals surface area contributed by atoms with E-state index in [2.05, 4.69) is 31.0 Å². The number of imide groups is 2. The lowest BCUT2D eigenvalue weighted by Gasteiger charge is -2.40. The lowest BCUT2D eigenvalue weighted by molar-refractivity contribution is -0.136. The summed E-state index contributed by atoms with van der Waals surface area (Å²) in [5.41, 5.74) is 1.74.